The largest absolute Gasteiger partial charge is 0.280 e. The van der Waals surface area contributed by atoms with Gasteiger partial charge in [-0.05, 0) is 48.2 Å². The van der Waals surface area contributed by atoms with E-state index in [0.717, 1.165) is 35.3 Å². The molecule has 2 heterocycles. The summed E-state index contributed by atoms with van der Waals surface area (Å²) < 4.78 is 14.0. The van der Waals surface area contributed by atoms with Crippen LogP contribution in [0.25, 0.3) is 11.4 Å². The van der Waals surface area contributed by atoms with Crippen LogP contribution in [0.4, 0.5) is 15.8 Å². The maximum Gasteiger partial charge on any atom is 0.242 e. The van der Waals surface area contributed by atoms with E-state index < -0.39 is 0 Å². The molecule has 0 saturated heterocycles. The van der Waals surface area contributed by atoms with E-state index in [2.05, 4.69) is 27.3 Å². The van der Waals surface area contributed by atoms with E-state index in [1.54, 1.807) is 23.1 Å². The first kappa shape index (κ1) is 19.5. The van der Waals surface area contributed by atoms with E-state index in [-0.39, 0.29) is 17.5 Å². The molecule has 0 unspecified atom stereocenters. The van der Waals surface area contributed by atoms with Gasteiger partial charge >= 0.3 is 0 Å². The topological polar surface area (TPSA) is 61.9 Å². The van der Waals surface area contributed by atoms with Crippen molar-refractivity contribution in [2.45, 2.75) is 18.0 Å². The highest BCUT2D eigenvalue weighted by Crippen LogP contribution is 2.36. The molecule has 0 spiro atoms. The van der Waals surface area contributed by atoms with Gasteiger partial charge in [0, 0.05) is 0 Å². The van der Waals surface area contributed by atoms with Crippen LogP contribution in [-0.4, -0.2) is 26.8 Å². The summed E-state index contributed by atoms with van der Waals surface area (Å²) >= 11 is 1.23. The van der Waals surface area contributed by atoms with Crippen LogP contribution >= 0.6 is 11.8 Å². The van der Waals surface area contributed by atoms with E-state index in [4.69, 9.17) is 0 Å². The molecule has 5 nitrogen and oxygen atoms in total. The number of halogens is 1. The fraction of sp³-hybridized carbons (Fsp3) is 0.125. The van der Waals surface area contributed by atoms with Crippen molar-refractivity contribution in [3.63, 3.8) is 0 Å². The molecule has 3 aromatic carbocycles. The Hall–Kier alpha value is -3.45. The number of amides is 1. The molecule has 0 saturated carbocycles. The molecular weight excluding hydrogens is 411 g/mol. The molecule has 1 amide bonds. The second-order valence-corrected chi connectivity index (χ2v) is 8.16. The quantitative estimate of drug-likeness (QED) is 0.454. The van der Waals surface area contributed by atoms with Crippen molar-refractivity contribution in [1.82, 2.24) is 15.2 Å². The Balaban J connectivity index is 1.40. The first-order chi connectivity index (χ1) is 15.2. The van der Waals surface area contributed by atoms with Crippen LogP contribution in [-0.2, 0) is 17.6 Å². The third-order valence-corrected chi connectivity index (χ3v) is 6.13. The lowest BCUT2D eigenvalue weighted by molar-refractivity contribution is -0.115. The first-order valence-corrected chi connectivity index (χ1v) is 11.0. The molecule has 5 rings (SSSR count). The summed E-state index contributed by atoms with van der Waals surface area (Å²) in [6.07, 6.45) is 1.77. The van der Waals surface area contributed by atoms with Gasteiger partial charge in [0.05, 0.1) is 22.7 Å². The van der Waals surface area contributed by atoms with Gasteiger partial charge in [-0.25, -0.2) is 9.37 Å². The summed E-state index contributed by atoms with van der Waals surface area (Å²) in [4.78, 5) is 19.5. The lowest BCUT2D eigenvalue weighted by atomic mass is 10.0. The Kier molecular flexibility index (Phi) is 5.26. The minimum absolute atomic E-state index is 0.0518. The zero-order valence-electron chi connectivity index (χ0n) is 16.6. The summed E-state index contributed by atoms with van der Waals surface area (Å²) in [5.74, 6) is 0.0867. The van der Waals surface area contributed by atoms with Crippen LogP contribution in [0.2, 0.25) is 0 Å². The van der Waals surface area contributed by atoms with Crippen LogP contribution in [0.15, 0.2) is 78.0 Å². The molecular formula is C24H19FN4OS. The second-order valence-electron chi connectivity index (χ2n) is 7.22. The average molecular weight is 431 g/mol. The first-order valence-electron chi connectivity index (χ1n) is 9.99. The third-order valence-electron chi connectivity index (χ3n) is 5.30. The predicted molar refractivity (Wildman–Crippen MR) is 120 cm³/mol. The third kappa shape index (κ3) is 3.84. The number of hydrogen-bond donors (Lipinski definition) is 1. The number of nitrogens with zero attached hydrogens (tertiary/aromatic N) is 3. The van der Waals surface area contributed by atoms with Gasteiger partial charge in [0.25, 0.3) is 0 Å². The number of rotatable bonds is 4. The van der Waals surface area contributed by atoms with Crippen LogP contribution in [0, 0.1) is 5.82 Å². The lowest BCUT2D eigenvalue weighted by Crippen LogP contribution is -2.28. The fourth-order valence-corrected chi connectivity index (χ4v) is 4.47. The maximum absolute atomic E-state index is 14.0. The van der Waals surface area contributed by atoms with Crippen molar-refractivity contribution in [3.05, 3.63) is 89.7 Å². The van der Waals surface area contributed by atoms with Crippen LogP contribution in [0.1, 0.15) is 11.1 Å². The van der Waals surface area contributed by atoms with Crippen molar-refractivity contribution in [2.24, 2.45) is 0 Å². The Morgan fingerprint density at radius 3 is 2.23 bits per heavy atom. The molecule has 1 aliphatic heterocycles. The summed E-state index contributed by atoms with van der Waals surface area (Å²) in [5.41, 5.74) is 4.48. The number of fused-ring (bicyclic) bond motifs is 2. The highest BCUT2D eigenvalue weighted by atomic mass is 32.2. The van der Waals surface area contributed by atoms with Gasteiger partial charge in [-0.1, -0.05) is 60.3 Å². The Bertz CT molecular complexity index is 1210. The van der Waals surface area contributed by atoms with E-state index in [1.807, 2.05) is 36.4 Å². The zero-order chi connectivity index (χ0) is 21.2. The zero-order valence-corrected chi connectivity index (χ0v) is 17.4. The number of benzene rings is 3. The van der Waals surface area contributed by atoms with Gasteiger partial charge in [0.2, 0.25) is 11.1 Å². The predicted octanol–water partition coefficient (Wildman–Crippen LogP) is 5.17. The van der Waals surface area contributed by atoms with E-state index in [1.165, 1.54) is 17.8 Å². The number of para-hydroxylation sites is 2. The van der Waals surface area contributed by atoms with E-state index in [0.29, 0.717) is 16.5 Å². The monoisotopic (exact) mass is 430 g/mol. The van der Waals surface area contributed by atoms with Gasteiger partial charge in [-0.3, -0.25) is 14.8 Å². The average Bonchev–Trinajstić information content (AvgIpc) is 3.20. The van der Waals surface area contributed by atoms with Gasteiger partial charge in [0.15, 0.2) is 5.82 Å². The highest BCUT2D eigenvalue weighted by Gasteiger charge is 2.25. The maximum atomic E-state index is 14.0. The molecule has 154 valence electrons. The van der Waals surface area contributed by atoms with Gasteiger partial charge in [-0.2, -0.15) is 0 Å². The van der Waals surface area contributed by atoms with E-state index >= 15 is 0 Å². The number of carbonyl (C=O) groups excluding carboxylic acids is 1. The second kappa shape index (κ2) is 8.35. The van der Waals surface area contributed by atoms with Crippen molar-refractivity contribution < 1.29 is 9.18 Å². The lowest BCUT2D eigenvalue weighted by Gasteiger charge is -2.24. The minimum atomic E-state index is -0.371. The minimum Gasteiger partial charge on any atom is -0.280 e. The standard InChI is InChI=1S/C24H19FN4OS/c25-19-10-4-3-9-18(19)23-26-24(28-27-23)31-15-22(30)29-20-11-5-1-7-16(20)13-14-17-8-2-6-12-21(17)29/h1-12H,13-15H2,(H,26,27,28). The fourth-order valence-electron chi connectivity index (χ4n) is 3.82. The molecule has 0 aliphatic carbocycles. The molecule has 1 aromatic heterocycles. The number of carbonyl (C=O) groups is 1. The smallest absolute Gasteiger partial charge is 0.242 e. The Morgan fingerprint density at radius 1 is 0.935 bits per heavy atom. The number of nitrogens with one attached hydrogen (secondary N) is 1. The van der Waals surface area contributed by atoms with Gasteiger partial charge in [0.1, 0.15) is 5.82 Å². The normalized spacial score (nSPS) is 12.7. The summed E-state index contributed by atoms with van der Waals surface area (Å²) in [6.45, 7) is 0. The molecule has 0 bridgehead atoms. The summed E-state index contributed by atoms with van der Waals surface area (Å²) in [5, 5.41) is 7.31. The Labute approximate surface area is 183 Å². The number of aromatic nitrogens is 3. The number of hydrogen-bond acceptors (Lipinski definition) is 4. The molecule has 0 fully saturated rings. The van der Waals surface area contributed by atoms with Crippen LogP contribution in [0.5, 0.6) is 0 Å². The Morgan fingerprint density at radius 2 is 1.55 bits per heavy atom. The van der Waals surface area contributed by atoms with Crippen molar-refractivity contribution >= 4 is 29.0 Å². The summed E-state index contributed by atoms with van der Waals surface area (Å²) in [6, 6.07) is 22.4. The molecule has 0 radical (unpaired) electrons. The molecule has 7 heteroatoms. The van der Waals surface area contributed by atoms with Gasteiger partial charge in [-0.15, -0.1) is 5.10 Å². The highest BCUT2D eigenvalue weighted by molar-refractivity contribution is 7.99. The van der Waals surface area contributed by atoms with Crippen molar-refractivity contribution in [3.8, 4) is 11.4 Å². The number of anilines is 2. The van der Waals surface area contributed by atoms with Crippen molar-refractivity contribution in [2.75, 3.05) is 10.7 Å². The SMILES string of the molecule is O=C(CSc1n[nH]c(-c2ccccc2F)n1)N1c2ccccc2CCc2ccccc21. The number of H-pyrrole nitrogens is 1. The molecule has 0 atom stereocenters. The van der Waals surface area contributed by atoms with Gasteiger partial charge < -0.3 is 0 Å². The molecule has 4 aromatic rings. The summed E-state index contributed by atoms with van der Waals surface area (Å²) in [7, 11) is 0. The molecule has 1 N–H and O–H groups in total. The van der Waals surface area contributed by atoms with E-state index in [9.17, 15) is 9.18 Å². The number of aromatic amines is 1. The number of thioether (sulfide) groups is 1. The number of aryl methyl sites for hydroxylation is 2. The molecule has 31 heavy (non-hydrogen) atoms. The van der Waals surface area contributed by atoms with Crippen LogP contribution < -0.4 is 4.90 Å². The van der Waals surface area contributed by atoms with Crippen LogP contribution in [0.3, 0.4) is 0 Å². The molecule has 1 aliphatic rings. The van der Waals surface area contributed by atoms with Crippen molar-refractivity contribution in [1.29, 1.82) is 0 Å².